The molecule has 1 aliphatic rings. The van der Waals surface area contributed by atoms with Gasteiger partial charge in [0.2, 0.25) is 5.88 Å². The van der Waals surface area contributed by atoms with Crippen LogP contribution in [0.15, 0.2) is 48.5 Å². The van der Waals surface area contributed by atoms with Crippen molar-refractivity contribution in [3.05, 3.63) is 76.7 Å². The predicted molar refractivity (Wildman–Crippen MR) is 126 cm³/mol. The fraction of sp³-hybridized carbons (Fsp3) is 0.308. The van der Waals surface area contributed by atoms with Crippen molar-refractivity contribution < 1.29 is 27.1 Å². The standard InChI is InChI=1S/C26H25F4N3O2/c1-15-20(10-11-23(31-15)35-5)33-14-32(21-9-7-17(27)13-19(21)25(2,3)4)22-12-16(26(28,29)30)6-8-18(22)24(33)34/h6-13H,14H2,1-5H3. The average molecular weight is 487 g/mol. The van der Waals surface area contributed by atoms with E-state index in [1.54, 1.807) is 24.0 Å². The molecule has 0 atom stereocenters. The minimum Gasteiger partial charge on any atom is -0.481 e. The van der Waals surface area contributed by atoms with Crippen molar-refractivity contribution in [3.63, 3.8) is 0 Å². The first kappa shape index (κ1) is 24.5. The first-order valence-electron chi connectivity index (χ1n) is 10.9. The van der Waals surface area contributed by atoms with Gasteiger partial charge in [0, 0.05) is 11.8 Å². The van der Waals surface area contributed by atoms with Gasteiger partial charge in [0.1, 0.15) is 12.5 Å². The van der Waals surface area contributed by atoms with Crippen molar-refractivity contribution in [1.29, 1.82) is 0 Å². The highest BCUT2D eigenvalue weighted by Crippen LogP contribution is 2.43. The summed E-state index contributed by atoms with van der Waals surface area (Å²) in [5.41, 5.74) is 0.929. The number of nitrogens with zero attached hydrogens (tertiary/aromatic N) is 3. The Morgan fingerprint density at radius 3 is 2.20 bits per heavy atom. The molecule has 0 saturated carbocycles. The van der Waals surface area contributed by atoms with Crippen LogP contribution in [-0.4, -0.2) is 24.7 Å². The Balaban J connectivity index is 1.95. The molecule has 1 aliphatic heterocycles. The number of amides is 1. The molecule has 0 N–H and O–H groups in total. The molecular weight excluding hydrogens is 462 g/mol. The van der Waals surface area contributed by atoms with E-state index in [4.69, 9.17) is 4.74 Å². The van der Waals surface area contributed by atoms with Crippen LogP contribution in [0.3, 0.4) is 0 Å². The van der Waals surface area contributed by atoms with E-state index < -0.39 is 28.9 Å². The number of aromatic nitrogens is 1. The van der Waals surface area contributed by atoms with Crippen LogP contribution in [-0.2, 0) is 11.6 Å². The van der Waals surface area contributed by atoms with Gasteiger partial charge in [-0.2, -0.15) is 13.2 Å². The summed E-state index contributed by atoms with van der Waals surface area (Å²) < 4.78 is 60.2. The third-order valence-corrected chi connectivity index (χ3v) is 5.96. The molecule has 0 fully saturated rings. The number of pyridine rings is 1. The summed E-state index contributed by atoms with van der Waals surface area (Å²) >= 11 is 0. The van der Waals surface area contributed by atoms with E-state index >= 15 is 0 Å². The minimum absolute atomic E-state index is 0.0866. The highest BCUT2D eigenvalue weighted by Gasteiger charge is 2.38. The summed E-state index contributed by atoms with van der Waals surface area (Å²) in [6.45, 7) is 7.31. The Kier molecular flexibility index (Phi) is 5.99. The quantitative estimate of drug-likeness (QED) is 0.390. The van der Waals surface area contributed by atoms with Crippen molar-refractivity contribution >= 4 is 23.0 Å². The molecule has 2 heterocycles. The van der Waals surface area contributed by atoms with Crippen molar-refractivity contribution in [3.8, 4) is 5.88 Å². The highest BCUT2D eigenvalue weighted by atomic mass is 19.4. The molecule has 35 heavy (non-hydrogen) atoms. The number of halogens is 4. The average Bonchev–Trinajstić information content (AvgIpc) is 2.78. The van der Waals surface area contributed by atoms with Gasteiger partial charge < -0.3 is 9.64 Å². The Morgan fingerprint density at radius 2 is 1.60 bits per heavy atom. The third-order valence-electron chi connectivity index (χ3n) is 5.96. The maximum absolute atomic E-state index is 14.2. The summed E-state index contributed by atoms with van der Waals surface area (Å²) in [6.07, 6.45) is -4.59. The second-order valence-electron chi connectivity index (χ2n) is 9.40. The zero-order valence-electron chi connectivity index (χ0n) is 20.0. The van der Waals surface area contributed by atoms with Crippen LogP contribution in [0.4, 0.5) is 34.6 Å². The molecule has 1 aromatic heterocycles. The Labute approximate surface area is 201 Å². The van der Waals surface area contributed by atoms with Crippen LogP contribution >= 0.6 is 0 Å². The fourth-order valence-electron chi connectivity index (χ4n) is 4.20. The second kappa shape index (κ2) is 8.55. The maximum atomic E-state index is 14.2. The zero-order chi connectivity index (χ0) is 25.7. The monoisotopic (exact) mass is 487 g/mol. The maximum Gasteiger partial charge on any atom is 0.416 e. The number of hydrogen-bond donors (Lipinski definition) is 0. The lowest BCUT2D eigenvalue weighted by Crippen LogP contribution is -2.46. The normalized spacial score (nSPS) is 14.3. The van der Waals surface area contributed by atoms with E-state index in [2.05, 4.69) is 4.98 Å². The first-order chi connectivity index (χ1) is 16.3. The molecule has 0 unspecified atom stereocenters. The van der Waals surface area contributed by atoms with Crippen LogP contribution in [0, 0.1) is 12.7 Å². The Hall–Kier alpha value is -3.62. The number of ether oxygens (including phenoxy) is 1. The molecule has 2 aromatic carbocycles. The van der Waals surface area contributed by atoms with E-state index in [0.717, 1.165) is 12.1 Å². The van der Waals surface area contributed by atoms with E-state index in [9.17, 15) is 22.4 Å². The van der Waals surface area contributed by atoms with Gasteiger partial charge in [-0.3, -0.25) is 9.69 Å². The third kappa shape index (κ3) is 4.54. The zero-order valence-corrected chi connectivity index (χ0v) is 20.0. The summed E-state index contributed by atoms with van der Waals surface area (Å²) in [5, 5.41) is 0. The number of hydrogen-bond acceptors (Lipinski definition) is 4. The number of anilines is 3. The van der Waals surface area contributed by atoms with E-state index in [0.29, 0.717) is 28.5 Å². The number of alkyl halides is 3. The van der Waals surface area contributed by atoms with Crippen LogP contribution in [0.1, 0.15) is 48.0 Å². The molecule has 0 saturated heterocycles. The topological polar surface area (TPSA) is 45.7 Å². The lowest BCUT2D eigenvalue weighted by molar-refractivity contribution is -0.137. The van der Waals surface area contributed by atoms with Crippen molar-refractivity contribution in [2.24, 2.45) is 0 Å². The van der Waals surface area contributed by atoms with Gasteiger partial charge >= 0.3 is 6.18 Å². The van der Waals surface area contributed by atoms with Crippen LogP contribution in [0.25, 0.3) is 0 Å². The number of carbonyl (C=O) groups is 1. The second-order valence-corrected chi connectivity index (χ2v) is 9.40. The Morgan fingerprint density at radius 1 is 0.914 bits per heavy atom. The fourth-order valence-corrected chi connectivity index (χ4v) is 4.20. The first-order valence-corrected chi connectivity index (χ1v) is 10.9. The van der Waals surface area contributed by atoms with Gasteiger partial charge in [-0.25, -0.2) is 9.37 Å². The molecule has 3 aromatic rings. The van der Waals surface area contributed by atoms with E-state index in [-0.39, 0.29) is 17.9 Å². The number of benzene rings is 2. The SMILES string of the molecule is COc1ccc(N2CN(c3ccc(F)cc3C(C)(C)C)c3cc(C(F)(F)F)ccc3C2=O)c(C)n1. The molecule has 5 nitrogen and oxygen atoms in total. The summed E-state index contributed by atoms with van der Waals surface area (Å²) in [6, 6.07) is 10.5. The molecule has 0 radical (unpaired) electrons. The number of aryl methyl sites for hydroxylation is 1. The number of fused-ring (bicyclic) bond motifs is 1. The molecule has 4 rings (SSSR count). The van der Waals surface area contributed by atoms with Crippen LogP contribution in [0.2, 0.25) is 0 Å². The van der Waals surface area contributed by atoms with Crippen molar-refractivity contribution in [2.45, 2.75) is 39.3 Å². The van der Waals surface area contributed by atoms with Crippen LogP contribution < -0.4 is 14.5 Å². The number of carbonyl (C=O) groups excluding carboxylic acids is 1. The molecule has 0 spiro atoms. The lowest BCUT2D eigenvalue weighted by atomic mass is 9.85. The van der Waals surface area contributed by atoms with Crippen molar-refractivity contribution in [1.82, 2.24) is 4.98 Å². The largest absolute Gasteiger partial charge is 0.481 e. The van der Waals surface area contributed by atoms with Gasteiger partial charge in [-0.1, -0.05) is 20.8 Å². The smallest absolute Gasteiger partial charge is 0.416 e. The minimum atomic E-state index is -4.59. The summed E-state index contributed by atoms with van der Waals surface area (Å²) in [7, 11) is 1.48. The Bertz CT molecular complexity index is 1300. The molecule has 184 valence electrons. The van der Waals surface area contributed by atoms with Crippen LogP contribution in [0.5, 0.6) is 5.88 Å². The summed E-state index contributed by atoms with van der Waals surface area (Å²) in [5.74, 6) is -0.543. The number of rotatable bonds is 3. The van der Waals surface area contributed by atoms with E-state index in [1.807, 2.05) is 20.8 Å². The van der Waals surface area contributed by atoms with Gasteiger partial charge in [0.05, 0.1) is 35.3 Å². The van der Waals surface area contributed by atoms with Gasteiger partial charge in [-0.05, 0) is 60.4 Å². The molecular formula is C26H25F4N3O2. The number of methoxy groups -OCH3 is 1. The highest BCUT2D eigenvalue weighted by molar-refractivity contribution is 6.13. The van der Waals surface area contributed by atoms with Gasteiger partial charge in [0.15, 0.2) is 0 Å². The molecule has 0 aliphatic carbocycles. The van der Waals surface area contributed by atoms with Crippen molar-refractivity contribution in [2.75, 3.05) is 23.6 Å². The predicted octanol–water partition coefficient (Wildman–Crippen LogP) is 6.61. The van der Waals surface area contributed by atoms with Gasteiger partial charge in [-0.15, -0.1) is 0 Å². The summed E-state index contributed by atoms with van der Waals surface area (Å²) in [4.78, 5) is 20.9. The molecule has 1 amide bonds. The lowest BCUT2D eigenvalue weighted by Gasteiger charge is -2.40. The van der Waals surface area contributed by atoms with Gasteiger partial charge in [0.25, 0.3) is 5.91 Å². The molecule has 0 bridgehead atoms. The van der Waals surface area contributed by atoms with E-state index in [1.165, 1.54) is 36.3 Å². The molecule has 9 heteroatoms.